The van der Waals surface area contributed by atoms with Gasteiger partial charge in [-0.05, 0) is 18.1 Å². The molecule has 3 atom stereocenters. The third-order valence-electron chi connectivity index (χ3n) is 4.89. The molecule has 1 aromatic carbocycles. The number of aromatic nitrogens is 1. The van der Waals surface area contributed by atoms with Crippen molar-refractivity contribution in [1.82, 2.24) is 15.2 Å². The number of nitrogens with one attached hydrogen (secondary N) is 1. The lowest BCUT2D eigenvalue weighted by Gasteiger charge is -2.35. The number of pyridine rings is 1. The number of hydrogen-bond donors (Lipinski definition) is 1. The van der Waals surface area contributed by atoms with Crippen molar-refractivity contribution >= 4 is 17.5 Å². The van der Waals surface area contributed by atoms with Crippen molar-refractivity contribution in [2.75, 3.05) is 19.7 Å². The molecule has 0 aliphatic carbocycles. The van der Waals surface area contributed by atoms with Gasteiger partial charge in [-0.1, -0.05) is 41.9 Å². The van der Waals surface area contributed by atoms with Gasteiger partial charge in [0, 0.05) is 37.6 Å². The first-order valence-corrected chi connectivity index (χ1v) is 8.89. The third kappa shape index (κ3) is 3.68. The Hall–Kier alpha value is -1.95. The highest BCUT2D eigenvalue weighted by molar-refractivity contribution is 6.30. The van der Waals surface area contributed by atoms with Crippen LogP contribution in [0, 0.1) is 0 Å². The summed E-state index contributed by atoms with van der Waals surface area (Å²) in [4.78, 5) is 18.8. The molecule has 130 valence electrons. The van der Waals surface area contributed by atoms with Crippen LogP contribution in [0.1, 0.15) is 28.4 Å². The lowest BCUT2D eigenvalue weighted by atomic mass is 10.1. The Kier molecular flexibility index (Phi) is 4.70. The van der Waals surface area contributed by atoms with Crippen molar-refractivity contribution in [2.24, 2.45) is 0 Å². The van der Waals surface area contributed by atoms with Gasteiger partial charge in [-0.15, -0.1) is 0 Å². The van der Waals surface area contributed by atoms with E-state index >= 15 is 0 Å². The average Bonchev–Trinajstić information content (AvgIpc) is 3.03. The van der Waals surface area contributed by atoms with E-state index in [1.807, 2.05) is 18.2 Å². The molecule has 1 aromatic heterocycles. The Morgan fingerprint density at radius 1 is 1.24 bits per heavy atom. The van der Waals surface area contributed by atoms with E-state index in [1.165, 1.54) is 18.0 Å². The van der Waals surface area contributed by atoms with E-state index in [1.54, 1.807) is 6.07 Å². The summed E-state index contributed by atoms with van der Waals surface area (Å²) < 4.78 is 6.05. The number of benzene rings is 1. The van der Waals surface area contributed by atoms with Gasteiger partial charge in [0.1, 0.15) is 0 Å². The molecule has 1 N–H and O–H groups in total. The molecule has 0 spiro atoms. The van der Waals surface area contributed by atoms with Crippen LogP contribution in [0.15, 0.2) is 48.8 Å². The van der Waals surface area contributed by atoms with Crippen LogP contribution in [0.5, 0.6) is 0 Å². The molecule has 2 aliphatic rings. The van der Waals surface area contributed by atoms with Gasteiger partial charge in [0.2, 0.25) is 0 Å². The van der Waals surface area contributed by atoms with Crippen LogP contribution in [-0.4, -0.2) is 47.6 Å². The first kappa shape index (κ1) is 16.5. The Morgan fingerprint density at radius 3 is 2.88 bits per heavy atom. The van der Waals surface area contributed by atoms with Gasteiger partial charge in [-0.3, -0.25) is 14.7 Å². The molecular formula is C19H20ClN3O2. The van der Waals surface area contributed by atoms with Crippen LogP contribution in [0.25, 0.3) is 0 Å². The van der Waals surface area contributed by atoms with E-state index in [0.717, 1.165) is 19.5 Å². The van der Waals surface area contributed by atoms with E-state index in [9.17, 15) is 4.79 Å². The predicted molar refractivity (Wildman–Crippen MR) is 95.6 cm³/mol. The Bertz CT molecular complexity index is 755. The van der Waals surface area contributed by atoms with Gasteiger partial charge in [0.15, 0.2) is 0 Å². The highest BCUT2D eigenvalue weighted by atomic mass is 35.5. The molecule has 0 radical (unpaired) electrons. The maximum atomic E-state index is 12.4. The minimum Gasteiger partial charge on any atom is -0.371 e. The normalized spacial score (nSPS) is 26.2. The second-order valence-electron chi connectivity index (χ2n) is 6.64. The first-order valence-electron chi connectivity index (χ1n) is 8.51. The number of rotatable bonds is 3. The van der Waals surface area contributed by atoms with Gasteiger partial charge in [-0.2, -0.15) is 0 Å². The third-order valence-corrected chi connectivity index (χ3v) is 5.10. The number of carbonyl (C=O) groups is 1. The van der Waals surface area contributed by atoms with Crippen LogP contribution in [0.4, 0.5) is 0 Å². The molecule has 1 amide bonds. The van der Waals surface area contributed by atoms with Gasteiger partial charge in [0.05, 0.1) is 23.3 Å². The first-order chi connectivity index (χ1) is 12.2. The molecule has 0 unspecified atom stereocenters. The van der Waals surface area contributed by atoms with Crippen LogP contribution in [0.2, 0.25) is 5.02 Å². The number of hydrogen-bond acceptors (Lipinski definition) is 4. The summed E-state index contributed by atoms with van der Waals surface area (Å²) in [5.74, 6) is -0.125. The zero-order valence-corrected chi connectivity index (χ0v) is 14.5. The maximum absolute atomic E-state index is 12.4. The molecule has 0 saturated carbocycles. The standard InChI is InChI=1S/C19H20ClN3O2/c20-15-6-14(8-21-9-15)19(24)22-16-7-17-12-25-18(11-23(17)10-16)13-4-2-1-3-5-13/h1-6,8-9,16-18H,7,10-12H2,(H,22,24)/t16-,17+,18-/m1/s1. The predicted octanol–water partition coefficient (Wildman–Crippen LogP) is 2.68. The maximum Gasteiger partial charge on any atom is 0.253 e. The molecule has 2 aromatic rings. The lowest BCUT2D eigenvalue weighted by Crippen LogP contribution is -2.43. The van der Waals surface area contributed by atoms with Gasteiger partial charge < -0.3 is 10.1 Å². The number of morpholine rings is 1. The van der Waals surface area contributed by atoms with Crippen molar-refractivity contribution in [1.29, 1.82) is 0 Å². The second kappa shape index (κ2) is 7.12. The number of nitrogens with zero attached hydrogens (tertiary/aromatic N) is 2. The number of amides is 1. The smallest absolute Gasteiger partial charge is 0.253 e. The zero-order chi connectivity index (χ0) is 17.2. The SMILES string of the molecule is O=C(N[C@@H]1C[C@H]2CO[C@@H](c3ccccc3)CN2C1)c1cncc(Cl)c1. The summed E-state index contributed by atoms with van der Waals surface area (Å²) in [6.45, 7) is 2.40. The summed E-state index contributed by atoms with van der Waals surface area (Å²) in [5.41, 5.74) is 1.70. The second-order valence-corrected chi connectivity index (χ2v) is 7.07. The minimum atomic E-state index is -0.125. The zero-order valence-electron chi connectivity index (χ0n) is 13.8. The summed E-state index contributed by atoms with van der Waals surface area (Å²) in [7, 11) is 0. The van der Waals surface area contributed by atoms with E-state index in [2.05, 4.69) is 27.3 Å². The van der Waals surface area contributed by atoms with Crippen LogP contribution < -0.4 is 5.32 Å². The largest absolute Gasteiger partial charge is 0.371 e. The number of fused-ring (bicyclic) bond motifs is 1. The molecule has 4 rings (SSSR count). The molecule has 25 heavy (non-hydrogen) atoms. The van der Waals surface area contributed by atoms with Crippen molar-refractivity contribution in [3.05, 3.63) is 64.9 Å². The fraction of sp³-hybridized carbons (Fsp3) is 0.368. The van der Waals surface area contributed by atoms with E-state index < -0.39 is 0 Å². The Balaban J connectivity index is 1.37. The highest BCUT2D eigenvalue weighted by Crippen LogP contribution is 2.30. The van der Waals surface area contributed by atoms with Crippen molar-refractivity contribution in [3.8, 4) is 0 Å². The lowest BCUT2D eigenvalue weighted by molar-refractivity contribution is -0.0502. The van der Waals surface area contributed by atoms with Crippen molar-refractivity contribution in [3.63, 3.8) is 0 Å². The topological polar surface area (TPSA) is 54.5 Å². The van der Waals surface area contributed by atoms with Crippen LogP contribution in [-0.2, 0) is 4.74 Å². The fourth-order valence-electron chi connectivity index (χ4n) is 3.65. The molecule has 6 heteroatoms. The van der Waals surface area contributed by atoms with E-state index in [4.69, 9.17) is 16.3 Å². The molecule has 5 nitrogen and oxygen atoms in total. The van der Waals surface area contributed by atoms with Crippen LogP contribution in [0.3, 0.4) is 0 Å². The van der Waals surface area contributed by atoms with Crippen LogP contribution >= 0.6 is 11.6 Å². The van der Waals surface area contributed by atoms with Gasteiger partial charge in [-0.25, -0.2) is 0 Å². The molecular weight excluding hydrogens is 338 g/mol. The van der Waals surface area contributed by atoms with Crippen molar-refractivity contribution in [2.45, 2.75) is 24.6 Å². The number of ether oxygens (including phenoxy) is 1. The molecule has 2 fully saturated rings. The summed E-state index contributed by atoms with van der Waals surface area (Å²) in [5, 5.41) is 3.57. The summed E-state index contributed by atoms with van der Waals surface area (Å²) in [6.07, 6.45) is 4.07. The summed E-state index contributed by atoms with van der Waals surface area (Å²) >= 11 is 5.91. The average molecular weight is 358 g/mol. The monoisotopic (exact) mass is 357 g/mol. The Morgan fingerprint density at radius 2 is 2.08 bits per heavy atom. The summed E-state index contributed by atoms with van der Waals surface area (Å²) in [6, 6.07) is 12.4. The molecule has 0 bridgehead atoms. The minimum absolute atomic E-state index is 0.101. The fourth-order valence-corrected chi connectivity index (χ4v) is 3.83. The van der Waals surface area contributed by atoms with Gasteiger partial charge >= 0.3 is 0 Å². The highest BCUT2D eigenvalue weighted by Gasteiger charge is 2.38. The van der Waals surface area contributed by atoms with Gasteiger partial charge in [0.25, 0.3) is 5.91 Å². The molecule has 2 saturated heterocycles. The Labute approximate surface area is 152 Å². The van der Waals surface area contributed by atoms with E-state index in [-0.39, 0.29) is 18.1 Å². The van der Waals surface area contributed by atoms with E-state index in [0.29, 0.717) is 23.2 Å². The number of halogens is 1. The molecule has 2 aliphatic heterocycles. The van der Waals surface area contributed by atoms with Crippen molar-refractivity contribution < 1.29 is 9.53 Å². The molecule has 3 heterocycles. The quantitative estimate of drug-likeness (QED) is 0.917. The number of carbonyl (C=O) groups excluding carboxylic acids is 1.